The molecule has 0 aliphatic heterocycles. The van der Waals surface area contributed by atoms with Crippen LogP contribution in [0.15, 0.2) is 0 Å². The summed E-state index contributed by atoms with van der Waals surface area (Å²) in [7, 11) is 4.15. The standard InChI is InChI=1S/GeHS.Li.H2O/c1-2;;/h1H;;1H2/q;+1;/p-1. The van der Waals surface area contributed by atoms with Gasteiger partial charge in [0.05, 0.1) is 0 Å². The van der Waals surface area contributed by atoms with Crippen molar-refractivity contribution in [3.63, 3.8) is 0 Å². The first-order chi connectivity index (χ1) is 1.00. The third-order valence-electron chi connectivity index (χ3n) is 0. The zero-order valence-electron chi connectivity index (χ0n) is 2.43. The Bertz CT molecular complexity index is 8.00. The molecule has 0 aromatic heterocycles. The Hall–Kier alpha value is 1.32. The van der Waals surface area contributed by atoms with Gasteiger partial charge in [-0.25, -0.2) is 0 Å². The number of hydrogen-bond donors (Lipinski definition) is 0. The second-order valence-corrected chi connectivity index (χ2v) is 0. The molecule has 0 aromatic carbocycles. The summed E-state index contributed by atoms with van der Waals surface area (Å²) in [6, 6.07) is 0. The number of rotatable bonds is 0. The van der Waals surface area contributed by atoms with Gasteiger partial charge in [0.2, 0.25) is 0 Å². The molecular formula is H2GeLiOS. The van der Waals surface area contributed by atoms with E-state index in [2.05, 4.69) is 10.5 Å². The van der Waals surface area contributed by atoms with E-state index in [1.54, 1.807) is 0 Å². The monoisotopic (exact) mass is 131 g/mol. The normalized spacial score (nSPS) is 1.00. The van der Waals surface area contributed by atoms with Gasteiger partial charge in [0.1, 0.15) is 0 Å². The van der Waals surface area contributed by atoms with Crippen molar-refractivity contribution in [2.24, 2.45) is 0 Å². The Balaban J connectivity index is -0.00000000500. The molecule has 1 nitrogen and oxygen atoms in total. The van der Waals surface area contributed by atoms with Gasteiger partial charge in [-0.15, -0.1) is 0 Å². The van der Waals surface area contributed by atoms with Crippen LogP contribution in [0.1, 0.15) is 0 Å². The van der Waals surface area contributed by atoms with Gasteiger partial charge in [0.25, 0.3) is 0 Å². The van der Waals surface area contributed by atoms with Gasteiger partial charge in [0, 0.05) is 0 Å². The Morgan fingerprint density at radius 1 is 1.25 bits per heavy atom. The van der Waals surface area contributed by atoms with E-state index < -0.39 is 0 Å². The van der Waals surface area contributed by atoms with Crippen LogP contribution >= 0.6 is 10.5 Å². The summed E-state index contributed by atoms with van der Waals surface area (Å²) in [5, 5.41) is 0. The van der Waals surface area contributed by atoms with Gasteiger partial charge in [-0.1, -0.05) is 0 Å². The fourth-order valence-electron chi connectivity index (χ4n) is 0. The van der Waals surface area contributed by atoms with Crippen molar-refractivity contribution in [3.05, 3.63) is 0 Å². The average molecular weight is 130 g/mol. The molecule has 1 N–H and O–H groups in total. The van der Waals surface area contributed by atoms with Crippen LogP contribution in [0.3, 0.4) is 0 Å². The molecule has 4 heteroatoms. The van der Waals surface area contributed by atoms with Crippen LogP contribution in [0.2, 0.25) is 0 Å². The van der Waals surface area contributed by atoms with E-state index in [0.29, 0.717) is 0 Å². The van der Waals surface area contributed by atoms with Crippen molar-refractivity contribution in [2.45, 2.75) is 0 Å². The van der Waals surface area contributed by atoms with Crippen LogP contribution in [-0.4, -0.2) is 20.3 Å². The minimum absolute atomic E-state index is 0. The van der Waals surface area contributed by atoms with Gasteiger partial charge in [-0.3, -0.25) is 0 Å². The van der Waals surface area contributed by atoms with E-state index in [4.69, 9.17) is 0 Å². The topological polar surface area (TPSA) is 30.0 Å². The Morgan fingerprint density at radius 2 is 1.25 bits per heavy atom. The summed E-state index contributed by atoms with van der Waals surface area (Å²) in [5.41, 5.74) is 0. The van der Waals surface area contributed by atoms with Crippen LogP contribution in [0.25, 0.3) is 0 Å². The molecule has 0 unspecified atom stereocenters. The van der Waals surface area contributed by atoms with Gasteiger partial charge in [-0.05, 0) is 0 Å². The van der Waals surface area contributed by atoms with Crippen LogP contribution in [0.5, 0.6) is 0 Å². The van der Waals surface area contributed by atoms with Crippen molar-refractivity contribution in [2.75, 3.05) is 0 Å². The van der Waals surface area contributed by atoms with E-state index >= 15 is 0 Å². The maximum atomic E-state index is 4.15. The minimum atomic E-state index is 0. The molecule has 0 bridgehead atoms. The molecule has 0 heterocycles. The summed E-state index contributed by atoms with van der Waals surface area (Å²) in [5.74, 6) is 0. The fraction of sp³-hybridized carbons (Fsp3) is 0. The quantitative estimate of drug-likeness (QED) is 0.323. The van der Waals surface area contributed by atoms with Crippen molar-refractivity contribution in [1.82, 2.24) is 0 Å². The van der Waals surface area contributed by atoms with Crippen LogP contribution in [-0.2, 0) is 0 Å². The molecule has 0 aliphatic carbocycles. The van der Waals surface area contributed by atoms with E-state index in [1.807, 2.05) is 0 Å². The predicted octanol–water partition coefficient (Wildman–Crippen LogP) is -3.17. The second-order valence-electron chi connectivity index (χ2n) is 0. The van der Waals surface area contributed by atoms with Gasteiger partial charge in [0.15, 0.2) is 0 Å². The van der Waals surface area contributed by atoms with Crippen LogP contribution in [0, 0.1) is 0 Å². The van der Waals surface area contributed by atoms with E-state index in [-0.39, 0.29) is 24.3 Å². The molecular weight excluding hydrogens is 128 g/mol. The SMILES string of the molecule is [Li+].[OH-].[S]=[GeH]. The molecule has 0 atom stereocenters. The second kappa shape index (κ2) is 27.3. The molecule has 0 amide bonds. The predicted molar refractivity (Wildman–Crippen MR) is 16.7 cm³/mol. The van der Waals surface area contributed by atoms with E-state index in [1.165, 1.54) is 14.9 Å². The molecule has 4 heavy (non-hydrogen) atoms. The molecule has 0 aliphatic rings. The van der Waals surface area contributed by atoms with Gasteiger partial charge < -0.3 is 5.48 Å². The first-order valence-corrected chi connectivity index (χ1v) is 3.67. The molecule has 1 radical (unpaired) electrons. The van der Waals surface area contributed by atoms with Gasteiger partial charge >= 0.3 is 44.2 Å². The molecule has 0 saturated heterocycles. The third-order valence-corrected chi connectivity index (χ3v) is 0. The van der Waals surface area contributed by atoms with Crippen LogP contribution in [0.4, 0.5) is 0 Å². The molecule has 0 fully saturated rings. The van der Waals surface area contributed by atoms with Crippen LogP contribution < -0.4 is 18.9 Å². The maximum absolute atomic E-state index is 4.15. The molecule has 0 spiro atoms. The zero-order valence-corrected chi connectivity index (χ0v) is 5.67. The Morgan fingerprint density at radius 3 is 1.25 bits per heavy atom. The third kappa shape index (κ3) is 10.3. The molecule has 0 rings (SSSR count). The Kier molecular flexibility index (Phi) is 126. The molecule has 0 saturated carbocycles. The van der Waals surface area contributed by atoms with E-state index in [0.717, 1.165) is 0 Å². The summed E-state index contributed by atoms with van der Waals surface area (Å²) >= 11 is 1.27. The summed E-state index contributed by atoms with van der Waals surface area (Å²) < 4.78 is 0. The van der Waals surface area contributed by atoms with Crippen molar-refractivity contribution < 1.29 is 24.3 Å². The molecule has 0 aromatic rings. The summed E-state index contributed by atoms with van der Waals surface area (Å²) in [6.07, 6.45) is 0. The number of hydrogen-bond acceptors (Lipinski definition) is 2. The fourth-order valence-corrected chi connectivity index (χ4v) is 0. The van der Waals surface area contributed by atoms with Crippen molar-refractivity contribution in [3.8, 4) is 0 Å². The summed E-state index contributed by atoms with van der Waals surface area (Å²) in [6.45, 7) is 0. The first-order valence-electron chi connectivity index (χ1n) is 0.236. The first kappa shape index (κ1) is 18.4. The van der Waals surface area contributed by atoms with Gasteiger partial charge in [-0.2, -0.15) is 0 Å². The summed E-state index contributed by atoms with van der Waals surface area (Å²) in [4.78, 5) is 0. The molecule has 19 valence electrons. The average Bonchev–Trinajstić information content (AvgIpc) is 1.00. The Labute approximate surface area is 49.7 Å². The van der Waals surface area contributed by atoms with E-state index in [9.17, 15) is 0 Å². The van der Waals surface area contributed by atoms with Crippen molar-refractivity contribution >= 4 is 25.3 Å². The van der Waals surface area contributed by atoms with Crippen molar-refractivity contribution in [1.29, 1.82) is 0 Å². The zero-order chi connectivity index (χ0) is 2.00.